The molecule has 0 aliphatic heterocycles. The molecule has 0 fully saturated rings. The van der Waals surface area contributed by atoms with Gasteiger partial charge >= 0.3 is 6.18 Å². The van der Waals surface area contributed by atoms with Crippen LogP contribution in [0, 0.1) is 11.6 Å². The number of alkyl halides is 3. The summed E-state index contributed by atoms with van der Waals surface area (Å²) in [6, 6.07) is 1.42. The Morgan fingerprint density at radius 2 is 1.74 bits per heavy atom. The fourth-order valence-corrected chi connectivity index (χ4v) is 1.46. The van der Waals surface area contributed by atoms with Gasteiger partial charge in [-0.3, -0.25) is 4.79 Å². The highest BCUT2D eigenvalue weighted by Gasteiger charge is 2.32. The maximum Gasteiger partial charge on any atom is 0.419 e. The molecular formula is C11H5F5N2O. The maximum absolute atomic E-state index is 13.5. The van der Waals surface area contributed by atoms with Gasteiger partial charge in [0.1, 0.15) is 12.0 Å². The summed E-state index contributed by atoms with van der Waals surface area (Å²) in [5, 5.41) is 3.26. The van der Waals surface area contributed by atoms with E-state index in [1.165, 1.54) is 0 Å². The van der Waals surface area contributed by atoms with E-state index in [0.717, 1.165) is 0 Å². The monoisotopic (exact) mass is 276 g/mol. The second kappa shape index (κ2) is 4.45. The van der Waals surface area contributed by atoms with Crippen molar-refractivity contribution in [3.63, 3.8) is 0 Å². The van der Waals surface area contributed by atoms with E-state index in [9.17, 15) is 26.7 Å². The molecular weight excluding hydrogens is 271 g/mol. The lowest BCUT2D eigenvalue weighted by Crippen LogP contribution is -2.05. The average molecular weight is 276 g/mol. The molecule has 100 valence electrons. The summed E-state index contributed by atoms with van der Waals surface area (Å²) in [7, 11) is 0. The second-order valence-electron chi connectivity index (χ2n) is 3.62. The molecule has 0 saturated carbocycles. The lowest BCUT2D eigenvalue weighted by atomic mass is 10.2. The van der Waals surface area contributed by atoms with Crippen LogP contribution < -0.4 is 0 Å². The van der Waals surface area contributed by atoms with Crippen molar-refractivity contribution in [2.45, 2.75) is 6.18 Å². The Balaban J connectivity index is 2.54. The van der Waals surface area contributed by atoms with Crippen LogP contribution in [0.4, 0.5) is 22.0 Å². The van der Waals surface area contributed by atoms with Gasteiger partial charge in [-0.15, -0.1) is 0 Å². The first-order valence-electron chi connectivity index (χ1n) is 4.89. The molecule has 0 aliphatic rings. The predicted octanol–water partition coefficient (Wildman–Crippen LogP) is 2.98. The van der Waals surface area contributed by atoms with E-state index in [4.69, 9.17) is 0 Å². The van der Waals surface area contributed by atoms with Crippen molar-refractivity contribution < 1.29 is 26.7 Å². The van der Waals surface area contributed by atoms with Crippen LogP contribution in [0.25, 0.3) is 5.69 Å². The van der Waals surface area contributed by atoms with E-state index in [2.05, 4.69) is 5.10 Å². The Hall–Kier alpha value is -2.25. The van der Waals surface area contributed by atoms with Gasteiger partial charge in [-0.1, -0.05) is 0 Å². The summed E-state index contributed by atoms with van der Waals surface area (Å²) in [5.74, 6) is -2.36. The highest BCUT2D eigenvalue weighted by atomic mass is 19.4. The molecule has 0 N–H and O–H groups in total. The molecule has 3 nitrogen and oxygen atoms in total. The third kappa shape index (κ3) is 2.47. The molecule has 8 heteroatoms. The summed E-state index contributed by atoms with van der Waals surface area (Å²) < 4.78 is 64.6. The summed E-state index contributed by atoms with van der Waals surface area (Å²) >= 11 is 0. The van der Waals surface area contributed by atoms with Crippen LogP contribution in [0.15, 0.2) is 24.5 Å². The van der Waals surface area contributed by atoms with Crippen LogP contribution in [0.1, 0.15) is 15.9 Å². The average Bonchev–Trinajstić information content (AvgIpc) is 2.76. The Morgan fingerprint density at radius 3 is 2.16 bits per heavy atom. The molecule has 1 heterocycles. The van der Waals surface area contributed by atoms with Gasteiger partial charge in [-0.05, 0) is 12.1 Å². The first-order chi connectivity index (χ1) is 8.82. The van der Waals surface area contributed by atoms with Gasteiger partial charge in [-0.2, -0.15) is 18.3 Å². The highest BCUT2D eigenvalue weighted by Crippen LogP contribution is 2.29. The van der Waals surface area contributed by atoms with Crippen LogP contribution in [0.5, 0.6) is 0 Å². The first kappa shape index (κ1) is 13.2. The number of carbonyl (C=O) groups excluding carboxylic acids is 1. The standard InChI is InChI=1S/C11H5F5N2O/c12-8-1-6(5-19)2-9(13)10(8)18-4-7(3-17-18)11(14,15)16/h1-5H. The minimum Gasteiger partial charge on any atom is -0.298 e. The zero-order valence-electron chi connectivity index (χ0n) is 9.08. The van der Waals surface area contributed by atoms with Gasteiger partial charge in [0.05, 0.1) is 11.8 Å². The van der Waals surface area contributed by atoms with Crippen LogP contribution >= 0.6 is 0 Å². The summed E-state index contributed by atoms with van der Waals surface area (Å²) in [6.07, 6.45) is -3.53. The number of rotatable bonds is 2. The van der Waals surface area contributed by atoms with Crippen molar-refractivity contribution in [3.05, 3.63) is 47.3 Å². The number of aromatic nitrogens is 2. The van der Waals surface area contributed by atoms with E-state index < -0.39 is 29.1 Å². The van der Waals surface area contributed by atoms with Crippen molar-refractivity contribution in [3.8, 4) is 5.69 Å². The summed E-state index contributed by atoms with van der Waals surface area (Å²) in [6.45, 7) is 0. The van der Waals surface area contributed by atoms with Gasteiger partial charge in [0.2, 0.25) is 0 Å². The number of benzene rings is 1. The number of carbonyl (C=O) groups is 1. The van der Waals surface area contributed by atoms with Gasteiger partial charge in [0.15, 0.2) is 11.6 Å². The fourth-order valence-electron chi connectivity index (χ4n) is 1.46. The van der Waals surface area contributed by atoms with E-state index in [-0.39, 0.29) is 11.8 Å². The Morgan fingerprint density at radius 1 is 1.16 bits per heavy atom. The van der Waals surface area contributed by atoms with Crippen LogP contribution in [0.2, 0.25) is 0 Å². The molecule has 2 aromatic rings. The summed E-state index contributed by atoms with van der Waals surface area (Å²) in [5.41, 5.74) is -2.17. The molecule has 0 atom stereocenters. The van der Waals surface area contributed by atoms with Crippen molar-refractivity contribution in [1.82, 2.24) is 9.78 Å². The predicted molar refractivity (Wildman–Crippen MR) is 53.9 cm³/mol. The largest absolute Gasteiger partial charge is 0.419 e. The molecule has 0 radical (unpaired) electrons. The minimum atomic E-state index is -4.66. The molecule has 1 aromatic carbocycles. The van der Waals surface area contributed by atoms with Crippen LogP contribution in [0.3, 0.4) is 0 Å². The van der Waals surface area contributed by atoms with Crippen molar-refractivity contribution >= 4 is 6.29 Å². The van der Waals surface area contributed by atoms with Gasteiger partial charge in [0.25, 0.3) is 0 Å². The third-order valence-electron chi connectivity index (χ3n) is 2.31. The van der Waals surface area contributed by atoms with Gasteiger partial charge < -0.3 is 0 Å². The minimum absolute atomic E-state index is 0.222. The Bertz CT molecular complexity index is 609. The summed E-state index contributed by atoms with van der Waals surface area (Å²) in [4.78, 5) is 10.4. The SMILES string of the molecule is O=Cc1cc(F)c(-n2cc(C(F)(F)F)cn2)c(F)c1. The van der Waals surface area contributed by atoms with Crippen molar-refractivity contribution in [2.24, 2.45) is 0 Å². The number of nitrogens with zero attached hydrogens (tertiary/aromatic N) is 2. The molecule has 0 unspecified atom stereocenters. The first-order valence-corrected chi connectivity index (χ1v) is 4.89. The molecule has 0 saturated heterocycles. The van der Waals surface area contributed by atoms with Crippen molar-refractivity contribution in [2.75, 3.05) is 0 Å². The molecule has 19 heavy (non-hydrogen) atoms. The maximum atomic E-state index is 13.5. The zero-order valence-corrected chi connectivity index (χ0v) is 9.08. The molecule has 0 bridgehead atoms. The number of hydrogen-bond donors (Lipinski definition) is 0. The number of halogens is 5. The highest BCUT2D eigenvalue weighted by molar-refractivity contribution is 5.75. The molecule has 2 rings (SSSR count). The van der Waals surface area contributed by atoms with Crippen molar-refractivity contribution in [1.29, 1.82) is 0 Å². The second-order valence-corrected chi connectivity index (χ2v) is 3.62. The van der Waals surface area contributed by atoms with Crippen LogP contribution in [-0.2, 0) is 6.18 Å². The van der Waals surface area contributed by atoms with Gasteiger partial charge in [-0.25, -0.2) is 13.5 Å². The quantitative estimate of drug-likeness (QED) is 0.624. The molecule has 0 spiro atoms. The fraction of sp³-hybridized carbons (Fsp3) is 0.0909. The lowest BCUT2D eigenvalue weighted by Gasteiger charge is -2.06. The third-order valence-corrected chi connectivity index (χ3v) is 2.31. The Kier molecular flexibility index (Phi) is 3.09. The van der Waals surface area contributed by atoms with E-state index >= 15 is 0 Å². The van der Waals surface area contributed by atoms with E-state index in [0.29, 0.717) is 29.2 Å². The normalized spacial score (nSPS) is 11.6. The number of hydrogen-bond acceptors (Lipinski definition) is 2. The Labute approximate surface area is 103 Å². The molecule has 0 aliphatic carbocycles. The van der Waals surface area contributed by atoms with Crippen LogP contribution in [-0.4, -0.2) is 16.1 Å². The topological polar surface area (TPSA) is 34.9 Å². The van der Waals surface area contributed by atoms with Gasteiger partial charge in [0, 0.05) is 11.8 Å². The number of aldehydes is 1. The lowest BCUT2D eigenvalue weighted by molar-refractivity contribution is -0.137. The molecule has 1 aromatic heterocycles. The van der Waals surface area contributed by atoms with E-state index in [1.54, 1.807) is 0 Å². The van der Waals surface area contributed by atoms with E-state index in [1.807, 2.05) is 0 Å². The molecule has 0 amide bonds. The zero-order chi connectivity index (χ0) is 14.2. The smallest absolute Gasteiger partial charge is 0.298 e.